The molecular weight excluding hydrogens is 620 g/mol. The van der Waals surface area contributed by atoms with Crippen molar-refractivity contribution in [2.75, 3.05) is 0 Å². The molecule has 0 fully saturated rings. The fraction of sp³-hybridized carbons (Fsp3) is 0.289. The fourth-order valence-corrected chi connectivity index (χ4v) is 6.17. The van der Waals surface area contributed by atoms with E-state index in [1.807, 2.05) is 111 Å². The number of hydrogen-bond donors (Lipinski definition) is 1. The molecule has 0 saturated carbocycles. The van der Waals surface area contributed by atoms with Gasteiger partial charge in [-0.05, 0) is 90.3 Å². The molecule has 0 aromatic heterocycles. The number of rotatable bonds is 6. The number of ketones is 1. The van der Waals surface area contributed by atoms with E-state index in [1.54, 1.807) is 12.1 Å². The highest BCUT2D eigenvalue weighted by Gasteiger charge is 2.32. The summed E-state index contributed by atoms with van der Waals surface area (Å²) >= 11 is 0. The van der Waals surface area contributed by atoms with Crippen molar-refractivity contribution in [2.45, 2.75) is 78.4 Å². The van der Waals surface area contributed by atoms with Gasteiger partial charge >= 0.3 is 5.97 Å². The molecule has 1 aliphatic carbocycles. The minimum atomic E-state index is -0.343. The summed E-state index contributed by atoms with van der Waals surface area (Å²) in [7, 11) is 0. The molecule has 5 aromatic carbocycles. The number of aromatic hydroxyl groups is 1. The number of para-hydroxylation sites is 1. The van der Waals surface area contributed by atoms with E-state index < -0.39 is 0 Å². The molecule has 0 spiro atoms. The number of esters is 1. The third kappa shape index (κ3) is 8.16. The lowest BCUT2D eigenvalue weighted by molar-refractivity contribution is 0.0385. The Balaban J connectivity index is 0.000000168. The van der Waals surface area contributed by atoms with E-state index in [0.717, 1.165) is 40.8 Å². The Morgan fingerprint density at radius 1 is 0.680 bits per heavy atom. The fourth-order valence-electron chi connectivity index (χ4n) is 6.17. The maximum atomic E-state index is 12.7. The van der Waals surface area contributed by atoms with Gasteiger partial charge in [0.05, 0.1) is 17.0 Å². The molecule has 0 radical (unpaired) electrons. The number of Topliss-reactive ketones (excluding diaryl/α,β-unsaturated/α-hetero) is 1. The summed E-state index contributed by atoms with van der Waals surface area (Å²) in [4.78, 5) is 24.5. The second kappa shape index (κ2) is 16.5. The third-order valence-electron chi connectivity index (χ3n) is 9.99. The van der Waals surface area contributed by atoms with Crippen molar-refractivity contribution in [1.29, 1.82) is 0 Å². The van der Waals surface area contributed by atoms with Crippen molar-refractivity contribution >= 4 is 11.8 Å². The van der Waals surface area contributed by atoms with Crippen LogP contribution in [0.1, 0.15) is 115 Å². The van der Waals surface area contributed by atoms with Gasteiger partial charge in [0.25, 0.3) is 0 Å². The molecule has 5 aromatic rings. The Morgan fingerprint density at radius 3 is 1.66 bits per heavy atom. The third-order valence-corrected chi connectivity index (χ3v) is 9.99. The monoisotopic (exact) mass is 668 g/mol. The summed E-state index contributed by atoms with van der Waals surface area (Å²) in [5.74, 6) is 2.03. The van der Waals surface area contributed by atoms with Crippen molar-refractivity contribution < 1.29 is 24.2 Å². The van der Waals surface area contributed by atoms with Gasteiger partial charge in [0, 0.05) is 11.1 Å². The van der Waals surface area contributed by atoms with Crippen LogP contribution in [0.2, 0.25) is 0 Å². The largest absolute Gasteiger partial charge is 0.508 e. The zero-order valence-electron chi connectivity index (χ0n) is 29.9. The first-order valence-corrected chi connectivity index (χ1v) is 17.7. The van der Waals surface area contributed by atoms with Crippen LogP contribution >= 0.6 is 0 Å². The predicted molar refractivity (Wildman–Crippen MR) is 201 cm³/mol. The van der Waals surface area contributed by atoms with Gasteiger partial charge in [-0.1, -0.05) is 120 Å². The van der Waals surface area contributed by atoms with E-state index in [0.29, 0.717) is 28.7 Å². The Bertz CT molecular complexity index is 1850. The first kappa shape index (κ1) is 36.1. The Kier molecular flexibility index (Phi) is 11.9. The Labute approximate surface area is 296 Å². The van der Waals surface area contributed by atoms with Crippen molar-refractivity contribution in [2.24, 2.45) is 5.92 Å². The minimum Gasteiger partial charge on any atom is -0.508 e. The van der Waals surface area contributed by atoms with Gasteiger partial charge in [-0.3, -0.25) is 4.79 Å². The van der Waals surface area contributed by atoms with E-state index >= 15 is 0 Å². The summed E-state index contributed by atoms with van der Waals surface area (Å²) in [5, 5.41) is 9.01. The van der Waals surface area contributed by atoms with E-state index in [9.17, 15) is 9.59 Å². The molecule has 2 aliphatic rings. The van der Waals surface area contributed by atoms with Crippen LogP contribution in [0.25, 0.3) is 11.1 Å². The number of fused-ring (bicyclic) bond motifs is 4. The molecule has 0 amide bonds. The van der Waals surface area contributed by atoms with Crippen LogP contribution in [0.3, 0.4) is 0 Å². The second-order valence-electron chi connectivity index (χ2n) is 13.3. The van der Waals surface area contributed by atoms with Crippen molar-refractivity contribution in [1.82, 2.24) is 0 Å². The molecule has 50 heavy (non-hydrogen) atoms. The normalized spacial score (nSPS) is 16.9. The predicted octanol–water partition coefficient (Wildman–Crippen LogP) is 11.3. The number of phenols is 1. The highest BCUT2D eigenvalue weighted by molar-refractivity contribution is 6.01. The van der Waals surface area contributed by atoms with E-state index in [-0.39, 0.29) is 29.9 Å². The average molecular weight is 669 g/mol. The molecule has 1 N–H and O–H groups in total. The topological polar surface area (TPSA) is 72.8 Å². The first-order chi connectivity index (χ1) is 24.1. The number of benzene rings is 5. The molecule has 4 unspecified atom stereocenters. The maximum Gasteiger partial charge on any atom is 0.339 e. The zero-order chi connectivity index (χ0) is 35.8. The second-order valence-corrected chi connectivity index (χ2v) is 13.3. The summed E-state index contributed by atoms with van der Waals surface area (Å²) in [6.07, 6.45) is 1.87. The van der Waals surface area contributed by atoms with Crippen LogP contribution in [0, 0.1) is 5.92 Å². The van der Waals surface area contributed by atoms with Crippen LogP contribution in [-0.4, -0.2) is 23.0 Å². The smallest absolute Gasteiger partial charge is 0.339 e. The first-order valence-electron chi connectivity index (χ1n) is 17.7. The number of carbonyl (C=O) groups is 2. The van der Waals surface area contributed by atoms with Gasteiger partial charge in [0.2, 0.25) is 0 Å². The van der Waals surface area contributed by atoms with Gasteiger partial charge in [-0.25, -0.2) is 4.79 Å². The SMILES string of the molecule is CC1Oc2ccccc2C(=O)C1C.CCC(C)c1ccc(C(=O)OC2c3ccccc3-c3ccccc32)cc1.CCC(C)c1ccc(O)cc1. The van der Waals surface area contributed by atoms with Gasteiger partial charge < -0.3 is 14.6 Å². The number of hydrogen-bond acceptors (Lipinski definition) is 5. The number of carbonyl (C=O) groups excluding carboxylic acids is 2. The lowest BCUT2D eigenvalue weighted by Gasteiger charge is -2.27. The standard InChI is InChI=1S/C24H22O2.C11H12O2.C10H14O/c1-3-16(2)17-12-14-18(15-13-17)24(25)26-23-21-10-6-4-8-19(21)20-9-5-7-11-22(20)23;1-7-8(2)13-10-6-4-3-5-9(10)11(7)12;1-3-8(2)9-4-6-10(11)7-5-9/h4-16,23H,3H2,1-2H3;3-8H,1-2H3;4-8,11H,3H2,1-2H3. The van der Waals surface area contributed by atoms with Crippen LogP contribution < -0.4 is 4.74 Å². The van der Waals surface area contributed by atoms with E-state index in [1.165, 1.54) is 11.1 Å². The van der Waals surface area contributed by atoms with Gasteiger partial charge in [0.1, 0.15) is 17.6 Å². The van der Waals surface area contributed by atoms with Crippen LogP contribution in [0.15, 0.2) is 121 Å². The molecule has 1 aliphatic heterocycles. The molecule has 5 heteroatoms. The molecule has 258 valence electrons. The lowest BCUT2D eigenvalue weighted by atomic mass is 9.92. The van der Waals surface area contributed by atoms with Crippen molar-refractivity contribution in [3.63, 3.8) is 0 Å². The summed E-state index contributed by atoms with van der Waals surface area (Å²) in [5.41, 5.74) is 8.26. The molecule has 0 bridgehead atoms. The van der Waals surface area contributed by atoms with Crippen LogP contribution in [0.4, 0.5) is 0 Å². The van der Waals surface area contributed by atoms with E-state index in [2.05, 4.69) is 39.8 Å². The minimum absolute atomic E-state index is 0.0117. The van der Waals surface area contributed by atoms with Gasteiger partial charge in [0.15, 0.2) is 11.9 Å². The molecule has 4 atom stereocenters. The van der Waals surface area contributed by atoms with Crippen molar-refractivity contribution in [3.8, 4) is 22.6 Å². The summed E-state index contributed by atoms with van der Waals surface area (Å²) < 4.78 is 11.5. The van der Waals surface area contributed by atoms with Crippen LogP contribution in [0.5, 0.6) is 11.5 Å². The van der Waals surface area contributed by atoms with Crippen molar-refractivity contribution in [3.05, 3.63) is 155 Å². The summed E-state index contributed by atoms with van der Waals surface area (Å²) in [6.45, 7) is 12.5. The molecule has 1 heterocycles. The highest BCUT2D eigenvalue weighted by atomic mass is 16.5. The average Bonchev–Trinajstić information content (AvgIpc) is 3.47. The maximum absolute atomic E-state index is 12.7. The Morgan fingerprint density at radius 2 is 1.14 bits per heavy atom. The van der Waals surface area contributed by atoms with Gasteiger partial charge in [-0.2, -0.15) is 0 Å². The zero-order valence-corrected chi connectivity index (χ0v) is 29.9. The van der Waals surface area contributed by atoms with E-state index in [4.69, 9.17) is 14.6 Å². The van der Waals surface area contributed by atoms with Gasteiger partial charge in [-0.15, -0.1) is 0 Å². The molecular formula is C45H48O5. The highest BCUT2D eigenvalue weighted by Crippen LogP contribution is 2.45. The number of ether oxygens (including phenoxy) is 2. The molecule has 5 nitrogen and oxygen atoms in total. The molecule has 0 saturated heterocycles. The Hall–Kier alpha value is -5.16. The molecule has 7 rings (SSSR count). The summed E-state index contributed by atoms with van der Waals surface area (Å²) in [6, 6.07) is 38.9. The lowest BCUT2D eigenvalue weighted by Crippen LogP contribution is -2.33. The number of phenolic OH excluding ortho intramolecular Hbond substituents is 1. The van der Waals surface area contributed by atoms with Crippen LogP contribution in [-0.2, 0) is 4.74 Å². The quantitative estimate of drug-likeness (QED) is 0.182.